The van der Waals surface area contributed by atoms with Crippen molar-refractivity contribution in [3.05, 3.63) is 24.0 Å². The molecule has 0 aromatic heterocycles. The minimum atomic E-state index is -4.98. The molecule has 1 atom stereocenters. The van der Waals surface area contributed by atoms with Gasteiger partial charge in [-0.15, -0.1) is 13.2 Å². The van der Waals surface area contributed by atoms with E-state index in [2.05, 4.69) is 4.74 Å². The van der Waals surface area contributed by atoms with Crippen LogP contribution in [0.15, 0.2) is 18.2 Å². The lowest BCUT2D eigenvalue weighted by Gasteiger charge is -2.18. The number of anilines is 1. The highest BCUT2D eigenvalue weighted by Crippen LogP contribution is 2.33. The molecule has 0 N–H and O–H groups in total. The first-order valence-electron chi connectivity index (χ1n) is 5.76. The standard InChI is InChI=1S/C11H8ClF4NO4S/c12-22(19,20)7-4-10(18)17(5-7)9-3-6(1-2-8(9)13)21-11(14,15)16/h1-3,7H,4-5H2. The number of carbonyl (C=O) groups excluding carboxylic acids is 1. The third kappa shape index (κ3) is 3.80. The van der Waals surface area contributed by atoms with Crippen molar-refractivity contribution in [1.29, 1.82) is 0 Å². The van der Waals surface area contributed by atoms with E-state index in [1.165, 1.54) is 0 Å². The van der Waals surface area contributed by atoms with Gasteiger partial charge in [0, 0.05) is 29.7 Å². The van der Waals surface area contributed by atoms with Gasteiger partial charge in [-0.05, 0) is 12.1 Å². The van der Waals surface area contributed by atoms with E-state index in [1.807, 2.05) is 0 Å². The molecule has 1 fully saturated rings. The summed E-state index contributed by atoms with van der Waals surface area (Å²) in [7, 11) is 1.09. The summed E-state index contributed by atoms with van der Waals surface area (Å²) in [5, 5.41) is -1.26. The lowest BCUT2D eigenvalue weighted by Crippen LogP contribution is -2.27. The average Bonchev–Trinajstić information content (AvgIpc) is 2.72. The van der Waals surface area contributed by atoms with Crippen LogP contribution in [0.4, 0.5) is 23.2 Å². The Kier molecular flexibility index (Phi) is 4.26. The van der Waals surface area contributed by atoms with Gasteiger partial charge in [0.25, 0.3) is 0 Å². The second-order valence-electron chi connectivity index (χ2n) is 4.47. The van der Waals surface area contributed by atoms with Gasteiger partial charge >= 0.3 is 6.36 Å². The third-order valence-corrected chi connectivity index (χ3v) is 4.80. The summed E-state index contributed by atoms with van der Waals surface area (Å²) in [5.41, 5.74) is -0.505. The Morgan fingerprint density at radius 2 is 1.95 bits per heavy atom. The molecular formula is C11H8ClF4NO4S. The first kappa shape index (κ1) is 16.8. The van der Waals surface area contributed by atoms with Crippen LogP contribution < -0.4 is 9.64 Å². The van der Waals surface area contributed by atoms with Crippen molar-refractivity contribution in [3.8, 4) is 5.75 Å². The van der Waals surface area contributed by atoms with E-state index < -0.39 is 56.8 Å². The Morgan fingerprint density at radius 1 is 1.32 bits per heavy atom. The largest absolute Gasteiger partial charge is 0.573 e. The summed E-state index contributed by atoms with van der Waals surface area (Å²) < 4.78 is 76.3. The quantitative estimate of drug-likeness (QED) is 0.612. The summed E-state index contributed by atoms with van der Waals surface area (Å²) in [4.78, 5) is 12.5. The molecule has 1 aliphatic heterocycles. The van der Waals surface area contributed by atoms with Crippen molar-refractivity contribution in [3.63, 3.8) is 0 Å². The summed E-state index contributed by atoms with van der Waals surface area (Å²) in [5.74, 6) is -2.48. The molecule has 0 saturated carbocycles. The SMILES string of the molecule is O=C1CC(S(=O)(=O)Cl)CN1c1cc(OC(F)(F)F)ccc1F. The van der Waals surface area contributed by atoms with Crippen LogP contribution in [0.1, 0.15) is 6.42 Å². The van der Waals surface area contributed by atoms with E-state index in [-0.39, 0.29) is 0 Å². The zero-order valence-electron chi connectivity index (χ0n) is 10.6. The minimum absolute atomic E-state index is 0.447. The van der Waals surface area contributed by atoms with Crippen molar-refractivity contribution < 1.29 is 35.5 Å². The topological polar surface area (TPSA) is 63.7 Å². The maximum atomic E-state index is 13.7. The van der Waals surface area contributed by atoms with Crippen molar-refractivity contribution in [2.24, 2.45) is 0 Å². The number of halogens is 5. The molecule has 1 saturated heterocycles. The first-order valence-corrected chi connectivity index (χ1v) is 8.14. The maximum Gasteiger partial charge on any atom is 0.573 e. The molecule has 1 aromatic rings. The normalized spacial score (nSPS) is 19.6. The fourth-order valence-electron chi connectivity index (χ4n) is 1.99. The molecule has 1 aliphatic rings. The Balaban J connectivity index is 2.32. The molecule has 0 radical (unpaired) electrons. The molecule has 1 heterocycles. The molecule has 0 aliphatic carbocycles. The predicted octanol–water partition coefficient (Wildman–Crippen LogP) is 2.40. The fourth-order valence-corrected chi connectivity index (χ4v) is 3.02. The van der Waals surface area contributed by atoms with Gasteiger partial charge < -0.3 is 9.64 Å². The second-order valence-corrected chi connectivity index (χ2v) is 7.38. The van der Waals surface area contributed by atoms with Crippen LogP contribution in [0.3, 0.4) is 0 Å². The van der Waals surface area contributed by atoms with E-state index in [0.29, 0.717) is 12.1 Å². The summed E-state index contributed by atoms with van der Waals surface area (Å²) >= 11 is 0. The number of ether oxygens (including phenoxy) is 1. The Hall–Kier alpha value is -1.55. The fraction of sp³-hybridized carbons (Fsp3) is 0.364. The average molecular weight is 362 g/mol. The number of carbonyl (C=O) groups is 1. The van der Waals surface area contributed by atoms with Gasteiger partial charge in [0.2, 0.25) is 15.0 Å². The lowest BCUT2D eigenvalue weighted by molar-refractivity contribution is -0.274. The maximum absolute atomic E-state index is 13.7. The highest BCUT2D eigenvalue weighted by Gasteiger charge is 2.39. The number of hydrogen-bond donors (Lipinski definition) is 0. The van der Waals surface area contributed by atoms with Crippen molar-refractivity contribution in [1.82, 2.24) is 0 Å². The van der Waals surface area contributed by atoms with E-state index in [0.717, 1.165) is 11.0 Å². The Morgan fingerprint density at radius 3 is 2.45 bits per heavy atom. The first-order chi connectivity index (χ1) is 9.97. The van der Waals surface area contributed by atoms with E-state index in [4.69, 9.17) is 10.7 Å². The van der Waals surface area contributed by atoms with Crippen LogP contribution in [0.5, 0.6) is 5.75 Å². The van der Waals surface area contributed by atoms with Gasteiger partial charge in [-0.1, -0.05) is 0 Å². The van der Waals surface area contributed by atoms with Crippen LogP contribution in [-0.4, -0.2) is 32.5 Å². The van der Waals surface area contributed by atoms with Gasteiger partial charge in [-0.3, -0.25) is 4.79 Å². The van der Waals surface area contributed by atoms with Gasteiger partial charge in [-0.2, -0.15) is 0 Å². The molecule has 122 valence electrons. The lowest BCUT2D eigenvalue weighted by atomic mass is 10.2. The monoisotopic (exact) mass is 361 g/mol. The molecule has 1 aromatic carbocycles. The smallest absolute Gasteiger partial charge is 0.406 e. The van der Waals surface area contributed by atoms with Crippen LogP contribution in [0.2, 0.25) is 0 Å². The van der Waals surface area contributed by atoms with Gasteiger partial charge in [0.05, 0.1) is 5.69 Å². The van der Waals surface area contributed by atoms with Crippen LogP contribution >= 0.6 is 10.7 Å². The van der Waals surface area contributed by atoms with Gasteiger partial charge in [0.1, 0.15) is 16.8 Å². The number of amides is 1. The summed E-state index contributed by atoms with van der Waals surface area (Å²) in [6, 6.07) is 2.10. The number of benzene rings is 1. The predicted molar refractivity (Wildman–Crippen MR) is 68.6 cm³/mol. The molecule has 11 heteroatoms. The van der Waals surface area contributed by atoms with E-state index in [1.54, 1.807) is 0 Å². The Labute approximate surface area is 126 Å². The summed E-state index contributed by atoms with van der Waals surface area (Å²) in [6.07, 6.45) is -5.46. The Bertz CT molecular complexity index is 707. The van der Waals surface area contributed by atoms with Crippen LogP contribution in [0, 0.1) is 5.82 Å². The van der Waals surface area contributed by atoms with Crippen LogP contribution in [0.25, 0.3) is 0 Å². The highest BCUT2D eigenvalue weighted by atomic mass is 35.7. The second kappa shape index (κ2) is 5.58. The molecular weight excluding hydrogens is 354 g/mol. The molecule has 1 amide bonds. The number of rotatable bonds is 3. The zero-order valence-corrected chi connectivity index (χ0v) is 12.2. The third-order valence-electron chi connectivity index (χ3n) is 2.93. The molecule has 2 rings (SSSR count). The molecule has 22 heavy (non-hydrogen) atoms. The minimum Gasteiger partial charge on any atom is -0.406 e. The van der Waals surface area contributed by atoms with Gasteiger partial charge in [-0.25, -0.2) is 12.8 Å². The molecule has 0 bridgehead atoms. The number of nitrogens with zero attached hydrogens (tertiary/aromatic N) is 1. The van der Waals surface area contributed by atoms with Gasteiger partial charge in [0.15, 0.2) is 0 Å². The highest BCUT2D eigenvalue weighted by molar-refractivity contribution is 8.14. The van der Waals surface area contributed by atoms with Crippen molar-refractivity contribution >= 4 is 31.3 Å². The number of alkyl halides is 3. The molecule has 5 nitrogen and oxygen atoms in total. The molecule has 0 spiro atoms. The van der Waals surface area contributed by atoms with Crippen LogP contribution in [-0.2, 0) is 13.8 Å². The summed E-state index contributed by atoms with van der Waals surface area (Å²) in [6.45, 7) is -0.447. The van der Waals surface area contributed by atoms with E-state index >= 15 is 0 Å². The van der Waals surface area contributed by atoms with Crippen molar-refractivity contribution in [2.75, 3.05) is 11.4 Å². The zero-order chi connectivity index (χ0) is 16.7. The molecule has 1 unspecified atom stereocenters. The van der Waals surface area contributed by atoms with E-state index in [9.17, 15) is 30.8 Å². The van der Waals surface area contributed by atoms with Crippen molar-refractivity contribution in [2.45, 2.75) is 18.0 Å². The number of hydrogen-bond acceptors (Lipinski definition) is 4.